The molecule has 0 aliphatic heterocycles. The number of rotatable bonds is 7. The predicted octanol–water partition coefficient (Wildman–Crippen LogP) is 4.15. The summed E-state index contributed by atoms with van der Waals surface area (Å²) in [5.74, 6) is -2.46. The number of carbonyl (C=O) groups is 2. The Kier molecular flexibility index (Phi) is 6.26. The van der Waals surface area contributed by atoms with E-state index in [9.17, 15) is 22.8 Å². The maximum atomic E-state index is 12.3. The van der Waals surface area contributed by atoms with E-state index in [0.29, 0.717) is 11.6 Å². The number of allylic oxidation sites excluding steroid dienone is 1. The van der Waals surface area contributed by atoms with Gasteiger partial charge in [-0.05, 0) is 24.3 Å². The van der Waals surface area contributed by atoms with Gasteiger partial charge in [0.1, 0.15) is 0 Å². The summed E-state index contributed by atoms with van der Waals surface area (Å²) in [7, 11) is 0. The van der Waals surface area contributed by atoms with Crippen molar-refractivity contribution in [1.82, 2.24) is 10.2 Å². The third-order valence-electron chi connectivity index (χ3n) is 3.71. The molecule has 0 bridgehead atoms. The first-order chi connectivity index (χ1) is 14.3. The van der Waals surface area contributed by atoms with E-state index in [-0.39, 0.29) is 29.6 Å². The molecule has 0 amide bonds. The van der Waals surface area contributed by atoms with E-state index < -0.39 is 17.9 Å². The van der Waals surface area contributed by atoms with Crippen LogP contribution in [0.2, 0.25) is 0 Å². The lowest BCUT2D eigenvalue weighted by molar-refractivity contribution is -0.165. The van der Waals surface area contributed by atoms with Gasteiger partial charge in [-0.15, -0.1) is 10.2 Å². The molecule has 0 unspecified atom stereocenters. The molecular weight excluding hydrogens is 403 g/mol. The van der Waals surface area contributed by atoms with Crippen molar-refractivity contribution < 1.29 is 31.9 Å². The molecule has 10 heteroatoms. The van der Waals surface area contributed by atoms with Gasteiger partial charge in [0.2, 0.25) is 5.89 Å². The number of hydrogen-bond acceptors (Lipinski definition) is 7. The Morgan fingerprint density at radius 1 is 1.03 bits per heavy atom. The van der Waals surface area contributed by atoms with E-state index >= 15 is 0 Å². The molecule has 30 heavy (non-hydrogen) atoms. The summed E-state index contributed by atoms with van der Waals surface area (Å²) >= 11 is 0. The maximum Gasteiger partial charge on any atom is 0.454 e. The van der Waals surface area contributed by atoms with Crippen LogP contribution in [0.1, 0.15) is 16.2 Å². The number of benzene rings is 2. The summed E-state index contributed by atoms with van der Waals surface area (Å²) < 4.78 is 47.3. The maximum absolute atomic E-state index is 12.3. The Labute approximate surface area is 168 Å². The SMILES string of the molecule is O=C(OCc1nnc(-c2ccccc2)o1)c1ccccc1NC=CC(=O)C(F)(F)F. The zero-order valence-corrected chi connectivity index (χ0v) is 15.2. The molecule has 0 fully saturated rings. The lowest BCUT2D eigenvalue weighted by Crippen LogP contribution is -2.20. The summed E-state index contributed by atoms with van der Waals surface area (Å²) in [6, 6.07) is 15.0. The normalized spacial score (nSPS) is 11.4. The quantitative estimate of drug-likeness (QED) is 0.456. The summed E-state index contributed by atoms with van der Waals surface area (Å²) in [5.41, 5.74) is 0.908. The number of aromatic nitrogens is 2. The molecule has 0 saturated heterocycles. The number of hydrogen-bond donors (Lipinski definition) is 1. The first kappa shape index (κ1) is 20.8. The molecule has 0 atom stereocenters. The molecule has 0 aliphatic rings. The molecule has 1 heterocycles. The number of ketones is 1. The van der Waals surface area contributed by atoms with Gasteiger partial charge >= 0.3 is 12.1 Å². The Balaban J connectivity index is 1.63. The van der Waals surface area contributed by atoms with Crippen LogP contribution >= 0.6 is 0 Å². The second kappa shape index (κ2) is 9.03. The lowest BCUT2D eigenvalue weighted by Gasteiger charge is -2.08. The highest BCUT2D eigenvalue weighted by atomic mass is 19.4. The first-order valence-electron chi connectivity index (χ1n) is 8.53. The van der Waals surface area contributed by atoms with Crippen molar-refractivity contribution in [1.29, 1.82) is 0 Å². The van der Waals surface area contributed by atoms with Gasteiger partial charge in [0.25, 0.3) is 11.7 Å². The van der Waals surface area contributed by atoms with Crippen molar-refractivity contribution in [3.05, 3.63) is 78.3 Å². The Morgan fingerprint density at radius 3 is 2.47 bits per heavy atom. The molecule has 0 aliphatic carbocycles. The Bertz CT molecular complexity index is 1060. The summed E-state index contributed by atoms with van der Waals surface area (Å²) in [5, 5.41) is 10.2. The molecule has 154 valence electrons. The van der Waals surface area contributed by atoms with Crippen molar-refractivity contribution in [2.45, 2.75) is 12.8 Å². The zero-order valence-electron chi connectivity index (χ0n) is 15.2. The fourth-order valence-corrected chi connectivity index (χ4v) is 2.30. The van der Waals surface area contributed by atoms with Crippen molar-refractivity contribution >= 4 is 17.4 Å². The second-order valence-corrected chi connectivity index (χ2v) is 5.83. The number of anilines is 1. The van der Waals surface area contributed by atoms with Crippen molar-refractivity contribution in [3.8, 4) is 11.5 Å². The Hall–Kier alpha value is -3.95. The molecule has 3 aromatic rings. The monoisotopic (exact) mass is 417 g/mol. The van der Waals surface area contributed by atoms with Crippen molar-refractivity contribution in [2.24, 2.45) is 0 Å². The van der Waals surface area contributed by atoms with Crippen LogP contribution < -0.4 is 5.32 Å². The number of nitrogens with one attached hydrogen (secondary N) is 1. The minimum atomic E-state index is -4.97. The van der Waals surface area contributed by atoms with E-state index in [4.69, 9.17) is 9.15 Å². The minimum absolute atomic E-state index is 0.0457. The number of ether oxygens (including phenoxy) is 1. The van der Waals surface area contributed by atoms with E-state index in [1.807, 2.05) is 6.07 Å². The minimum Gasteiger partial charge on any atom is -0.452 e. The molecule has 1 N–H and O–H groups in total. The summed E-state index contributed by atoms with van der Waals surface area (Å²) in [4.78, 5) is 23.2. The number of carbonyl (C=O) groups excluding carboxylic acids is 2. The average molecular weight is 417 g/mol. The van der Waals surface area contributed by atoms with Crippen LogP contribution in [0.15, 0.2) is 71.3 Å². The zero-order chi connectivity index (χ0) is 21.6. The van der Waals surface area contributed by atoms with E-state index in [1.165, 1.54) is 12.1 Å². The third-order valence-corrected chi connectivity index (χ3v) is 3.71. The third kappa shape index (κ3) is 5.31. The van der Waals surface area contributed by atoms with Crippen molar-refractivity contribution in [2.75, 3.05) is 5.32 Å². The molecule has 3 rings (SSSR count). The largest absolute Gasteiger partial charge is 0.454 e. The Morgan fingerprint density at radius 2 is 1.73 bits per heavy atom. The van der Waals surface area contributed by atoms with Gasteiger partial charge in [0.15, 0.2) is 6.61 Å². The van der Waals surface area contributed by atoms with Gasteiger partial charge in [-0.3, -0.25) is 4.79 Å². The van der Waals surface area contributed by atoms with Crippen LogP contribution in [0.25, 0.3) is 11.5 Å². The molecule has 7 nitrogen and oxygen atoms in total. The molecule has 0 spiro atoms. The molecular formula is C20H14F3N3O4. The molecule has 0 saturated carbocycles. The number of para-hydroxylation sites is 1. The average Bonchev–Trinajstić information content (AvgIpc) is 3.21. The van der Waals surface area contributed by atoms with E-state index in [0.717, 1.165) is 6.20 Å². The van der Waals surface area contributed by atoms with Gasteiger partial charge in [0, 0.05) is 17.8 Å². The topological polar surface area (TPSA) is 94.3 Å². The summed E-state index contributed by atoms with van der Waals surface area (Å²) in [6.07, 6.45) is -3.85. The number of halogens is 3. The van der Waals surface area contributed by atoms with Crippen LogP contribution in [0, 0.1) is 0 Å². The second-order valence-electron chi connectivity index (χ2n) is 5.83. The highest BCUT2D eigenvalue weighted by Gasteiger charge is 2.36. The van der Waals surface area contributed by atoms with Crippen LogP contribution in [-0.4, -0.2) is 28.1 Å². The van der Waals surface area contributed by atoms with Gasteiger partial charge in [-0.1, -0.05) is 30.3 Å². The smallest absolute Gasteiger partial charge is 0.452 e. The molecule has 1 aromatic heterocycles. The lowest BCUT2D eigenvalue weighted by atomic mass is 10.2. The number of nitrogens with zero attached hydrogens (tertiary/aromatic N) is 2. The highest BCUT2D eigenvalue weighted by Crippen LogP contribution is 2.20. The fourth-order valence-electron chi connectivity index (χ4n) is 2.30. The highest BCUT2D eigenvalue weighted by molar-refractivity contribution is 5.97. The van der Waals surface area contributed by atoms with Gasteiger partial charge < -0.3 is 14.5 Å². The van der Waals surface area contributed by atoms with E-state index in [1.54, 1.807) is 36.4 Å². The standard InChI is InChI=1S/C20H14F3N3O4/c21-20(22,23)16(27)10-11-24-15-9-5-4-8-14(15)19(28)29-12-17-25-26-18(30-17)13-6-2-1-3-7-13/h1-11,24H,12H2. The predicted molar refractivity (Wildman–Crippen MR) is 99.1 cm³/mol. The van der Waals surface area contributed by atoms with E-state index in [2.05, 4.69) is 15.5 Å². The number of esters is 1. The van der Waals surface area contributed by atoms with Gasteiger partial charge in [-0.2, -0.15) is 13.2 Å². The molecule has 0 radical (unpaired) electrons. The number of alkyl halides is 3. The van der Waals surface area contributed by atoms with Crippen LogP contribution in [0.5, 0.6) is 0 Å². The van der Waals surface area contributed by atoms with Crippen molar-refractivity contribution in [3.63, 3.8) is 0 Å². The van der Waals surface area contributed by atoms with Gasteiger partial charge in [0.05, 0.1) is 11.3 Å². The van der Waals surface area contributed by atoms with Crippen LogP contribution in [-0.2, 0) is 16.1 Å². The van der Waals surface area contributed by atoms with Gasteiger partial charge in [-0.25, -0.2) is 4.79 Å². The van der Waals surface area contributed by atoms with Crippen LogP contribution in [0.3, 0.4) is 0 Å². The van der Waals surface area contributed by atoms with Crippen LogP contribution in [0.4, 0.5) is 18.9 Å². The fraction of sp³-hybridized carbons (Fsp3) is 0.100. The first-order valence-corrected chi connectivity index (χ1v) is 8.53. The molecule has 2 aromatic carbocycles. The summed E-state index contributed by atoms with van der Waals surface area (Å²) in [6.45, 7) is -0.296.